The van der Waals surface area contributed by atoms with Gasteiger partial charge in [0.15, 0.2) is 9.84 Å². The topological polar surface area (TPSA) is 52.6 Å². The molecule has 0 saturated carbocycles. The maximum absolute atomic E-state index is 14.2. The van der Waals surface area contributed by atoms with Gasteiger partial charge < -0.3 is 9.47 Å². The third-order valence-corrected chi connectivity index (χ3v) is 15.6. The number of alkyl halides is 2. The average Bonchev–Trinajstić information content (AvgIpc) is 3.24. The van der Waals surface area contributed by atoms with Crippen molar-refractivity contribution >= 4 is 41.7 Å². The van der Waals surface area contributed by atoms with Crippen LogP contribution < -0.4 is 0 Å². The predicted molar refractivity (Wildman–Crippen MR) is 260 cm³/mol. The highest BCUT2D eigenvalue weighted by atomic mass is 79.9. The summed E-state index contributed by atoms with van der Waals surface area (Å²) in [6, 6.07) is 16.9. The minimum Gasteiger partial charge on any atom is -0.366 e. The number of benzene rings is 2. The summed E-state index contributed by atoms with van der Waals surface area (Å²) in [6.45, 7) is 5.57. The van der Waals surface area contributed by atoms with Crippen molar-refractivity contribution in [2.75, 3.05) is 23.9 Å². The first-order chi connectivity index (χ1) is 28.7. The molecule has 2 aliphatic rings. The summed E-state index contributed by atoms with van der Waals surface area (Å²) < 4.78 is 41.9. The number of halogens is 2. The maximum Gasteiger partial charge on any atom is 0.170 e. The zero-order valence-electron chi connectivity index (χ0n) is 36.6. The standard InChI is InChI=1S/C52H76Br2O4S/c1-45-27-19-21-29-47(45)43-51(57-41-25-17-13-9-5-3-7-11-15-23-39-53)35-31-49(32-36-51)59(55,56)50-33-37-52(38-34-50,44-48-30-22-20-28-46(48)2)58-42-26-18-14-10-6-4-8-12-16-24-40-54/h19-22,27-38,49-50H,3-18,23-26,39-44H2,1-2H3. The third-order valence-electron chi connectivity index (χ3n) is 12.3. The fraction of sp³-hybridized carbons (Fsp3) is 0.615. The molecule has 2 aliphatic carbocycles. The summed E-state index contributed by atoms with van der Waals surface area (Å²) in [4.78, 5) is 0. The minimum atomic E-state index is -3.60. The van der Waals surface area contributed by atoms with Crippen molar-refractivity contribution in [3.05, 3.63) is 119 Å². The SMILES string of the molecule is Cc1ccccc1CC1(OCCCCCCCCCCCCBr)C=CC(S(=O)(=O)C2C=CC(Cc3ccccc3C)(OCCCCCCCCCCCCBr)C=C2)C=C1. The van der Waals surface area contributed by atoms with Crippen LogP contribution in [0.1, 0.15) is 151 Å². The number of hydrogen-bond acceptors (Lipinski definition) is 4. The Morgan fingerprint density at radius 2 is 0.746 bits per heavy atom. The zero-order valence-corrected chi connectivity index (χ0v) is 40.6. The summed E-state index contributed by atoms with van der Waals surface area (Å²) in [5.74, 6) is 0. The van der Waals surface area contributed by atoms with Crippen molar-refractivity contribution in [1.29, 1.82) is 0 Å². The lowest BCUT2D eigenvalue weighted by molar-refractivity contribution is 0.0242. The smallest absolute Gasteiger partial charge is 0.170 e. The van der Waals surface area contributed by atoms with Gasteiger partial charge in [0.05, 0.1) is 10.5 Å². The highest BCUT2D eigenvalue weighted by molar-refractivity contribution is 9.09. The van der Waals surface area contributed by atoms with Gasteiger partial charge in [-0.3, -0.25) is 0 Å². The van der Waals surface area contributed by atoms with E-state index in [9.17, 15) is 8.42 Å². The van der Waals surface area contributed by atoms with Gasteiger partial charge in [0.25, 0.3) is 0 Å². The van der Waals surface area contributed by atoms with Gasteiger partial charge in [-0.1, -0.05) is 232 Å². The Hall–Kier alpha value is -1.77. The molecule has 0 radical (unpaired) electrons. The van der Waals surface area contributed by atoms with E-state index >= 15 is 0 Å². The number of aryl methyl sites for hydroxylation is 2. The van der Waals surface area contributed by atoms with Gasteiger partial charge in [-0.15, -0.1) is 0 Å². The molecule has 4 rings (SSSR count). The van der Waals surface area contributed by atoms with Crippen molar-refractivity contribution in [3.63, 3.8) is 0 Å². The molecule has 0 saturated heterocycles. The number of ether oxygens (including phenoxy) is 2. The normalized spacial score (nSPS) is 21.4. The molecule has 0 atom stereocenters. The van der Waals surface area contributed by atoms with Crippen molar-refractivity contribution < 1.29 is 17.9 Å². The second kappa shape index (κ2) is 28.0. The fourth-order valence-electron chi connectivity index (χ4n) is 8.38. The van der Waals surface area contributed by atoms with E-state index < -0.39 is 31.5 Å². The van der Waals surface area contributed by atoms with Crippen LogP contribution in [0.25, 0.3) is 0 Å². The summed E-state index contributed by atoms with van der Waals surface area (Å²) >= 11 is 7.05. The molecular weight excluding hydrogens is 880 g/mol. The summed E-state index contributed by atoms with van der Waals surface area (Å²) in [6.07, 6.45) is 42.2. The predicted octanol–water partition coefficient (Wildman–Crippen LogP) is 14.6. The molecule has 2 aromatic rings. The Morgan fingerprint density at radius 3 is 1.05 bits per heavy atom. The quantitative estimate of drug-likeness (QED) is 0.0417. The molecule has 7 heteroatoms. The van der Waals surface area contributed by atoms with E-state index in [4.69, 9.17) is 9.47 Å². The maximum atomic E-state index is 14.2. The average molecular weight is 957 g/mol. The first kappa shape index (κ1) is 49.9. The molecule has 0 spiro atoms. The number of rotatable bonds is 32. The van der Waals surface area contributed by atoms with Crippen LogP contribution in [-0.4, -0.2) is 54.0 Å². The van der Waals surface area contributed by atoms with Crippen molar-refractivity contribution in [2.24, 2.45) is 0 Å². The fourth-order valence-corrected chi connectivity index (χ4v) is 10.7. The van der Waals surface area contributed by atoms with Gasteiger partial charge in [-0.25, -0.2) is 8.42 Å². The zero-order chi connectivity index (χ0) is 42.1. The molecular formula is C52H76Br2O4S. The second-order valence-electron chi connectivity index (χ2n) is 17.2. The largest absolute Gasteiger partial charge is 0.366 e. The van der Waals surface area contributed by atoms with Gasteiger partial charge in [-0.2, -0.15) is 0 Å². The van der Waals surface area contributed by atoms with Crippen LogP contribution in [0.5, 0.6) is 0 Å². The Labute approximate surface area is 377 Å². The number of hydrogen-bond donors (Lipinski definition) is 0. The van der Waals surface area contributed by atoms with E-state index in [0.717, 1.165) is 36.3 Å². The van der Waals surface area contributed by atoms with Crippen LogP contribution in [-0.2, 0) is 32.2 Å². The third kappa shape index (κ3) is 17.9. The van der Waals surface area contributed by atoms with Crippen LogP contribution in [0.4, 0.5) is 0 Å². The molecule has 0 fully saturated rings. The molecule has 4 nitrogen and oxygen atoms in total. The van der Waals surface area contributed by atoms with E-state index in [1.165, 1.54) is 125 Å². The molecule has 59 heavy (non-hydrogen) atoms. The first-order valence-electron chi connectivity index (χ1n) is 23.2. The van der Waals surface area contributed by atoms with Crippen LogP contribution in [0.15, 0.2) is 97.1 Å². The highest BCUT2D eigenvalue weighted by Crippen LogP contribution is 2.33. The molecule has 0 heterocycles. The summed E-state index contributed by atoms with van der Waals surface area (Å²) in [5, 5.41) is 0.782. The van der Waals surface area contributed by atoms with Gasteiger partial charge in [0, 0.05) is 36.7 Å². The Morgan fingerprint density at radius 1 is 0.458 bits per heavy atom. The van der Waals surface area contributed by atoms with E-state index in [1.54, 1.807) is 0 Å². The van der Waals surface area contributed by atoms with Crippen molar-refractivity contribution in [3.8, 4) is 0 Å². The summed E-state index contributed by atoms with van der Waals surface area (Å²) in [7, 11) is -3.60. The van der Waals surface area contributed by atoms with Gasteiger partial charge in [-0.05, 0) is 61.8 Å². The van der Waals surface area contributed by atoms with Gasteiger partial charge in [0.1, 0.15) is 11.2 Å². The van der Waals surface area contributed by atoms with Crippen LogP contribution in [0.2, 0.25) is 0 Å². The lowest BCUT2D eigenvalue weighted by atomic mass is 9.88. The number of unbranched alkanes of at least 4 members (excludes halogenated alkanes) is 18. The first-order valence-corrected chi connectivity index (χ1v) is 27.1. The Kier molecular flexibility index (Phi) is 23.7. The van der Waals surface area contributed by atoms with Crippen molar-refractivity contribution in [2.45, 2.75) is 177 Å². The molecule has 0 bridgehead atoms. The van der Waals surface area contributed by atoms with Crippen LogP contribution in [0, 0.1) is 13.8 Å². The number of sulfone groups is 1. The second-order valence-corrected chi connectivity index (χ2v) is 21.1. The Bertz CT molecular complexity index is 1550. The molecule has 0 amide bonds. The van der Waals surface area contributed by atoms with E-state index in [-0.39, 0.29) is 0 Å². The van der Waals surface area contributed by atoms with Gasteiger partial charge in [0.2, 0.25) is 0 Å². The van der Waals surface area contributed by atoms with Gasteiger partial charge >= 0.3 is 0 Å². The van der Waals surface area contributed by atoms with E-state index in [0.29, 0.717) is 26.1 Å². The molecule has 0 aliphatic heterocycles. The minimum absolute atomic E-state index is 0.652. The molecule has 0 aromatic heterocycles. The Balaban J connectivity index is 1.33. The lowest BCUT2D eigenvalue weighted by Crippen LogP contribution is -2.39. The molecule has 0 N–H and O–H groups in total. The molecule has 328 valence electrons. The van der Waals surface area contributed by atoms with Crippen molar-refractivity contribution in [1.82, 2.24) is 0 Å². The van der Waals surface area contributed by atoms with Crippen LogP contribution in [0.3, 0.4) is 0 Å². The molecule has 0 unspecified atom stereocenters. The monoisotopic (exact) mass is 954 g/mol. The molecule has 2 aromatic carbocycles. The van der Waals surface area contributed by atoms with E-state index in [1.807, 2.05) is 48.6 Å². The van der Waals surface area contributed by atoms with Crippen LogP contribution >= 0.6 is 31.9 Å². The lowest BCUT2D eigenvalue weighted by Gasteiger charge is -2.34. The highest BCUT2D eigenvalue weighted by Gasteiger charge is 2.38. The summed E-state index contributed by atoms with van der Waals surface area (Å²) in [5.41, 5.74) is 3.53. The van der Waals surface area contributed by atoms with E-state index in [2.05, 4.69) is 94.2 Å².